The molecule has 1 aliphatic heterocycles. The number of aromatic nitrogens is 4. The molecule has 2 aromatic heterocycles. The molecule has 8 heteroatoms. The Labute approximate surface area is 214 Å². The Bertz CT molecular complexity index is 1140. The van der Waals surface area contributed by atoms with Gasteiger partial charge in [0.2, 0.25) is 17.6 Å². The fraction of sp³-hybridized carbons (Fsp3) is 0.571. The SMILES string of the molecule is Cc1ccc(-c2noc(CCCN3CCN(C(=O)CCc4c(C)nn(CC(C)C)c4C)CC3)n2)cc1. The monoisotopic (exact) mass is 492 g/mol. The number of piperazine rings is 1. The van der Waals surface area contributed by atoms with Crippen LogP contribution in [0.3, 0.4) is 0 Å². The molecule has 0 saturated carbocycles. The highest BCUT2D eigenvalue weighted by Crippen LogP contribution is 2.19. The molecule has 194 valence electrons. The molecular weight excluding hydrogens is 452 g/mol. The van der Waals surface area contributed by atoms with Gasteiger partial charge in [0, 0.05) is 56.8 Å². The third-order valence-corrected chi connectivity index (χ3v) is 7.03. The Kier molecular flexibility index (Phi) is 8.56. The van der Waals surface area contributed by atoms with E-state index < -0.39 is 0 Å². The largest absolute Gasteiger partial charge is 0.340 e. The molecule has 1 aromatic carbocycles. The van der Waals surface area contributed by atoms with Crippen molar-refractivity contribution in [3.63, 3.8) is 0 Å². The van der Waals surface area contributed by atoms with Crippen molar-refractivity contribution < 1.29 is 9.32 Å². The summed E-state index contributed by atoms with van der Waals surface area (Å²) in [5, 5.41) is 8.82. The molecule has 0 spiro atoms. The van der Waals surface area contributed by atoms with Crippen LogP contribution in [0.4, 0.5) is 0 Å². The van der Waals surface area contributed by atoms with Crippen LogP contribution in [0.15, 0.2) is 28.8 Å². The molecule has 1 aliphatic rings. The van der Waals surface area contributed by atoms with Crippen molar-refractivity contribution in [2.75, 3.05) is 32.7 Å². The Morgan fingerprint density at radius 3 is 2.44 bits per heavy atom. The standard InChI is InChI=1S/C28H40N6O2/c1-20(2)19-34-23(5)25(22(4)30-34)12-13-27(35)33-17-15-32(16-18-33)14-6-7-26-29-28(31-36-26)24-10-8-21(3)9-11-24/h8-11,20H,6-7,12-19H2,1-5H3. The summed E-state index contributed by atoms with van der Waals surface area (Å²) in [4.78, 5) is 21.9. The van der Waals surface area contributed by atoms with Gasteiger partial charge in [0.15, 0.2) is 0 Å². The third kappa shape index (κ3) is 6.60. The smallest absolute Gasteiger partial charge is 0.227 e. The van der Waals surface area contributed by atoms with Crippen LogP contribution in [0.1, 0.15) is 55.1 Å². The van der Waals surface area contributed by atoms with Gasteiger partial charge in [-0.1, -0.05) is 48.8 Å². The van der Waals surface area contributed by atoms with Crippen LogP contribution in [0, 0.1) is 26.7 Å². The molecule has 1 fully saturated rings. The summed E-state index contributed by atoms with van der Waals surface area (Å²) in [7, 11) is 0. The molecule has 8 nitrogen and oxygen atoms in total. The number of rotatable bonds is 10. The lowest BCUT2D eigenvalue weighted by Gasteiger charge is -2.34. The maximum atomic E-state index is 12.9. The van der Waals surface area contributed by atoms with E-state index in [1.165, 1.54) is 16.8 Å². The number of carbonyl (C=O) groups excluding carboxylic acids is 1. The summed E-state index contributed by atoms with van der Waals surface area (Å²) in [5.41, 5.74) is 5.67. The van der Waals surface area contributed by atoms with Gasteiger partial charge in [0.05, 0.1) is 5.69 Å². The van der Waals surface area contributed by atoms with Crippen molar-refractivity contribution in [2.24, 2.45) is 5.92 Å². The average Bonchev–Trinajstić information content (AvgIpc) is 3.42. The van der Waals surface area contributed by atoms with Gasteiger partial charge in [-0.05, 0) is 51.6 Å². The highest BCUT2D eigenvalue weighted by molar-refractivity contribution is 5.76. The minimum Gasteiger partial charge on any atom is -0.340 e. The van der Waals surface area contributed by atoms with E-state index in [0.717, 1.165) is 69.8 Å². The zero-order chi connectivity index (χ0) is 25.7. The average molecular weight is 493 g/mol. The molecule has 36 heavy (non-hydrogen) atoms. The molecule has 0 atom stereocenters. The number of hydrogen-bond donors (Lipinski definition) is 0. The highest BCUT2D eigenvalue weighted by atomic mass is 16.5. The second kappa shape index (κ2) is 11.8. The molecule has 4 rings (SSSR count). The van der Waals surface area contributed by atoms with E-state index in [1.807, 2.05) is 17.0 Å². The fourth-order valence-corrected chi connectivity index (χ4v) is 4.86. The van der Waals surface area contributed by atoms with Crippen LogP contribution in [-0.2, 0) is 24.2 Å². The van der Waals surface area contributed by atoms with E-state index in [1.54, 1.807) is 0 Å². The summed E-state index contributed by atoms with van der Waals surface area (Å²) in [6.45, 7) is 15.9. The number of nitrogens with zero attached hydrogens (tertiary/aromatic N) is 6. The predicted octanol–water partition coefficient (Wildman–Crippen LogP) is 4.22. The second-order valence-corrected chi connectivity index (χ2v) is 10.4. The highest BCUT2D eigenvalue weighted by Gasteiger charge is 2.22. The Morgan fingerprint density at radius 1 is 1.03 bits per heavy atom. The minimum atomic E-state index is 0.250. The predicted molar refractivity (Wildman–Crippen MR) is 141 cm³/mol. The maximum Gasteiger partial charge on any atom is 0.227 e. The summed E-state index contributed by atoms with van der Waals surface area (Å²) >= 11 is 0. The molecule has 3 heterocycles. The van der Waals surface area contributed by atoms with E-state index in [-0.39, 0.29) is 5.91 Å². The number of hydrogen-bond acceptors (Lipinski definition) is 6. The Morgan fingerprint density at radius 2 is 1.75 bits per heavy atom. The van der Waals surface area contributed by atoms with Gasteiger partial charge in [0.25, 0.3) is 0 Å². The molecule has 0 aliphatic carbocycles. The molecule has 3 aromatic rings. The van der Waals surface area contributed by atoms with Gasteiger partial charge < -0.3 is 9.42 Å². The topological polar surface area (TPSA) is 80.3 Å². The van der Waals surface area contributed by atoms with Crippen molar-refractivity contribution in [3.05, 3.63) is 52.7 Å². The van der Waals surface area contributed by atoms with Crippen LogP contribution < -0.4 is 0 Å². The minimum absolute atomic E-state index is 0.250. The third-order valence-electron chi connectivity index (χ3n) is 7.03. The lowest BCUT2D eigenvalue weighted by atomic mass is 10.1. The summed E-state index contributed by atoms with van der Waals surface area (Å²) in [6, 6.07) is 8.15. The zero-order valence-electron chi connectivity index (χ0n) is 22.5. The quantitative estimate of drug-likeness (QED) is 0.422. The van der Waals surface area contributed by atoms with Crippen LogP contribution in [0.25, 0.3) is 11.4 Å². The number of benzene rings is 1. The summed E-state index contributed by atoms with van der Waals surface area (Å²) in [6.07, 6.45) is 3.04. The van der Waals surface area contributed by atoms with Crippen LogP contribution in [-0.4, -0.2) is 68.4 Å². The Balaban J connectivity index is 1.17. The molecule has 1 amide bonds. The summed E-state index contributed by atoms with van der Waals surface area (Å²) < 4.78 is 7.54. The lowest BCUT2D eigenvalue weighted by molar-refractivity contribution is -0.132. The van der Waals surface area contributed by atoms with E-state index in [2.05, 4.69) is 66.5 Å². The summed E-state index contributed by atoms with van der Waals surface area (Å²) in [5.74, 6) is 2.13. The molecule has 0 unspecified atom stereocenters. The first-order valence-corrected chi connectivity index (χ1v) is 13.2. The van der Waals surface area contributed by atoms with E-state index in [0.29, 0.717) is 24.1 Å². The number of amides is 1. The molecular formula is C28H40N6O2. The fourth-order valence-electron chi connectivity index (χ4n) is 4.86. The van der Waals surface area contributed by atoms with Crippen molar-refractivity contribution in [3.8, 4) is 11.4 Å². The van der Waals surface area contributed by atoms with Crippen molar-refractivity contribution in [1.82, 2.24) is 29.7 Å². The van der Waals surface area contributed by atoms with E-state index >= 15 is 0 Å². The van der Waals surface area contributed by atoms with Crippen LogP contribution >= 0.6 is 0 Å². The first-order valence-electron chi connectivity index (χ1n) is 13.2. The van der Waals surface area contributed by atoms with Gasteiger partial charge in [-0.25, -0.2) is 0 Å². The van der Waals surface area contributed by atoms with Crippen molar-refractivity contribution in [1.29, 1.82) is 0 Å². The Hall–Kier alpha value is -3.00. The molecule has 0 N–H and O–H groups in total. The van der Waals surface area contributed by atoms with Gasteiger partial charge in [-0.3, -0.25) is 14.4 Å². The van der Waals surface area contributed by atoms with Crippen LogP contribution in [0.2, 0.25) is 0 Å². The van der Waals surface area contributed by atoms with Gasteiger partial charge >= 0.3 is 0 Å². The second-order valence-electron chi connectivity index (χ2n) is 10.4. The maximum absolute atomic E-state index is 12.9. The first kappa shape index (κ1) is 26.1. The van der Waals surface area contributed by atoms with Gasteiger partial charge in [-0.15, -0.1) is 0 Å². The van der Waals surface area contributed by atoms with Gasteiger partial charge in [0.1, 0.15) is 0 Å². The molecule has 0 radical (unpaired) electrons. The van der Waals surface area contributed by atoms with Crippen molar-refractivity contribution in [2.45, 2.75) is 66.8 Å². The van der Waals surface area contributed by atoms with Crippen LogP contribution in [0.5, 0.6) is 0 Å². The first-order chi connectivity index (χ1) is 17.3. The van der Waals surface area contributed by atoms with Crippen molar-refractivity contribution >= 4 is 5.91 Å². The molecule has 1 saturated heterocycles. The zero-order valence-corrected chi connectivity index (χ0v) is 22.5. The molecule has 0 bridgehead atoms. The number of aryl methyl sites for hydroxylation is 3. The lowest BCUT2D eigenvalue weighted by Crippen LogP contribution is -2.48. The van der Waals surface area contributed by atoms with E-state index in [4.69, 9.17) is 9.62 Å². The van der Waals surface area contributed by atoms with Gasteiger partial charge in [-0.2, -0.15) is 10.1 Å². The van der Waals surface area contributed by atoms with E-state index in [9.17, 15) is 4.79 Å². The normalized spacial score (nSPS) is 14.7. The number of carbonyl (C=O) groups is 1.